The number of hydrogen-bond donors (Lipinski definition) is 1. The van der Waals surface area contributed by atoms with Crippen LogP contribution in [0.25, 0.3) is 0 Å². The normalized spacial score (nSPS) is 12.3. The minimum absolute atomic E-state index is 0.0201. The van der Waals surface area contributed by atoms with Gasteiger partial charge in [0, 0.05) is 13.1 Å². The predicted octanol–water partition coefficient (Wildman–Crippen LogP) is 1.21. The maximum absolute atomic E-state index is 13.5. The standard InChI is InChI=1S/C13H16F2N2O2/c1-8(17(3)7-12(18)16-2)13(19)10-5-4-9(14)6-11(10)15/h4-6,8H,7H2,1-3H3,(H,16,18). The Morgan fingerprint density at radius 2 is 2.00 bits per heavy atom. The summed E-state index contributed by atoms with van der Waals surface area (Å²) in [4.78, 5) is 24.8. The van der Waals surface area contributed by atoms with Gasteiger partial charge in [-0.2, -0.15) is 0 Å². The number of Topliss-reactive ketones (excluding diaryl/α,β-unsaturated/α-hetero) is 1. The molecule has 0 aliphatic rings. The molecule has 19 heavy (non-hydrogen) atoms. The zero-order valence-electron chi connectivity index (χ0n) is 11.0. The summed E-state index contributed by atoms with van der Waals surface area (Å²) in [5.74, 6) is -2.38. The number of carbonyl (C=O) groups excluding carboxylic acids is 2. The summed E-state index contributed by atoms with van der Waals surface area (Å²) in [7, 11) is 3.07. The molecule has 0 spiro atoms. The van der Waals surface area contributed by atoms with Gasteiger partial charge in [0.25, 0.3) is 0 Å². The van der Waals surface area contributed by atoms with E-state index in [1.807, 2.05) is 0 Å². The van der Waals surface area contributed by atoms with Crippen molar-refractivity contribution in [3.63, 3.8) is 0 Å². The lowest BCUT2D eigenvalue weighted by atomic mass is 10.0. The molecule has 0 bridgehead atoms. The van der Waals surface area contributed by atoms with E-state index in [2.05, 4.69) is 5.32 Å². The number of rotatable bonds is 5. The van der Waals surface area contributed by atoms with Crippen LogP contribution in [0.4, 0.5) is 8.78 Å². The molecule has 0 radical (unpaired) electrons. The maximum atomic E-state index is 13.5. The van der Waals surface area contributed by atoms with Crippen molar-refractivity contribution in [2.45, 2.75) is 13.0 Å². The fourth-order valence-electron chi connectivity index (χ4n) is 1.56. The number of amides is 1. The summed E-state index contributed by atoms with van der Waals surface area (Å²) in [6.45, 7) is 1.58. The lowest BCUT2D eigenvalue weighted by molar-refractivity contribution is -0.121. The van der Waals surface area contributed by atoms with Gasteiger partial charge in [0.2, 0.25) is 5.91 Å². The van der Waals surface area contributed by atoms with Gasteiger partial charge in [-0.15, -0.1) is 0 Å². The highest BCUT2D eigenvalue weighted by Gasteiger charge is 2.23. The highest BCUT2D eigenvalue weighted by molar-refractivity contribution is 6.00. The number of benzene rings is 1. The van der Waals surface area contributed by atoms with Crippen molar-refractivity contribution in [2.24, 2.45) is 0 Å². The highest BCUT2D eigenvalue weighted by atomic mass is 19.1. The van der Waals surface area contributed by atoms with E-state index in [-0.39, 0.29) is 18.0 Å². The van der Waals surface area contributed by atoms with Gasteiger partial charge in [0.05, 0.1) is 18.2 Å². The largest absolute Gasteiger partial charge is 0.358 e. The van der Waals surface area contributed by atoms with Crippen molar-refractivity contribution in [2.75, 3.05) is 20.6 Å². The van der Waals surface area contributed by atoms with E-state index >= 15 is 0 Å². The molecule has 1 aromatic rings. The van der Waals surface area contributed by atoms with Crippen molar-refractivity contribution in [3.05, 3.63) is 35.4 Å². The summed E-state index contributed by atoms with van der Waals surface area (Å²) in [6.07, 6.45) is 0. The molecular formula is C13H16F2N2O2. The predicted molar refractivity (Wildman–Crippen MR) is 66.8 cm³/mol. The Morgan fingerprint density at radius 3 is 2.53 bits per heavy atom. The maximum Gasteiger partial charge on any atom is 0.233 e. The monoisotopic (exact) mass is 270 g/mol. The Hall–Kier alpha value is -1.82. The molecule has 1 unspecified atom stereocenters. The molecule has 0 fully saturated rings. The zero-order valence-corrected chi connectivity index (χ0v) is 11.0. The number of nitrogens with one attached hydrogen (secondary N) is 1. The van der Waals surface area contributed by atoms with Gasteiger partial charge in [0.1, 0.15) is 11.6 Å². The summed E-state index contributed by atoms with van der Waals surface area (Å²) in [5.41, 5.74) is -0.183. The van der Waals surface area contributed by atoms with Gasteiger partial charge >= 0.3 is 0 Å². The molecule has 0 saturated heterocycles. The van der Waals surface area contributed by atoms with Crippen LogP contribution in [0, 0.1) is 11.6 Å². The number of ketones is 1. The van der Waals surface area contributed by atoms with Crippen molar-refractivity contribution in [3.8, 4) is 0 Å². The molecule has 0 aromatic heterocycles. The quantitative estimate of drug-likeness (QED) is 0.818. The molecule has 0 saturated carbocycles. The molecule has 0 aliphatic carbocycles. The topological polar surface area (TPSA) is 49.4 Å². The first-order valence-electron chi connectivity index (χ1n) is 5.77. The van der Waals surface area contributed by atoms with E-state index in [0.29, 0.717) is 6.07 Å². The Bertz CT molecular complexity index is 492. The van der Waals surface area contributed by atoms with Crippen LogP contribution in [-0.2, 0) is 4.79 Å². The lowest BCUT2D eigenvalue weighted by Crippen LogP contribution is -2.42. The van der Waals surface area contributed by atoms with Gasteiger partial charge < -0.3 is 5.32 Å². The van der Waals surface area contributed by atoms with Crippen LogP contribution < -0.4 is 5.32 Å². The smallest absolute Gasteiger partial charge is 0.233 e. The summed E-state index contributed by atoms with van der Waals surface area (Å²) in [6, 6.07) is 2.12. The van der Waals surface area contributed by atoms with E-state index in [1.165, 1.54) is 11.9 Å². The molecule has 0 heterocycles. The minimum atomic E-state index is -0.898. The molecule has 1 rings (SSSR count). The van der Waals surface area contributed by atoms with Crippen molar-refractivity contribution in [1.82, 2.24) is 10.2 Å². The Labute approximate surface area is 110 Å². The van der Waals surface area contributed by atoms with Crippen LogP contribution in [-0.4, -0.2) is 43.3 Å². The van der Waals surface area contributed by atoms with Crippen LogP contribution in [0.5, 0.6) is 0 Å². The van der Waals surface area contributed by atoms with E-state index in [1.54, 1.807) is 14.0 Å². The highest BCUT2D eigenvalue weighted by Crippen LogP contribution is 2.13. The fraction of sp³-hybridized carbons (Fsp3) is 0.385. The fourth-order valence-corrected chi connectivity index (χ4v) is 1.56. The number of nitrogens with zero attached hydrogens (tertiary/aromatic N) is 1. The third-order valence-electron chi connectivity index (χ3n) is 2.91. The minimum Gasteiger partial charge on any atom is -0.358 e. The average Bonchev–Trinajstić information content (AvgIpc) is 2.36. The Kier molecular flexibility index (Phi) is 5.11. The molecule has 1 N–H and O–H groups in total. The molecule has 1 atom stereocenters. The summed E-state index contributed by atoms with van der Waals surface area (Å²) >= 11 is 0. The van der Waals surface area contributed by atoms with Gasteiger partial charge in [-0.3, -0.25) is 14.5 Å². The molecule has 1 aromatic carbocycles. The van der Waals surface area contributed by atoms with Crippen molar-refractivity contribution in [1.29, 1.82) is 0 Å². The second-order valence-electron chi connectivity index (χ2n) is 4.25. The van der Waals surface area contributed by atoms with E-state index in [0.717, 1.165) is 12.1 Å². The van der Waals surface area contributed by atoms with Gasteiger partial charge in [-0.25, -0.2) is 8.78 Å². The second kappa shape index (κ2) is 6.38. The third kappa shape index (κ3) is 3.82. The van der Waals surface area contributed by atoms with Crippen LogP contribution in [0.3, 0.4) is 0 Å². The first-order valence-corrected chi connectivity index (χ1v) is 5.77. The van der Waals surface area contributed by atoms with Crippen molar-refractivity contribution >= 4 is 11.7 Å². The molecule has 104 valence electrons. The molecule has 4 nitrogen and oxygen atoms in total. The van der Waals surface area contributed by atoms with Crippen LogP contribution in [0.2, 0.25) is 0 Å². The number of halogens is 2. The zero-order chi connectivity index (χ0) is 14.6. The third-order valence-corrected chi connectivity index (χ3v) is 2.91. The Balaban J connectivity index is 2.84. The molecule has 1 amide bonds. The van der Waals surface area contributed by atoms with Crippen LogP contribution in [0.15, 0.2) is 18.2 Å². The summed E-state index contributed by atoms with van der Waals surface area (Å²) in [5, 5.41) is 2.43. The lowest BCUT2D eigenvalue weighted by Gasteiger charge is -2.22. The molecular weight excluding hydrogens is 254 g/mol. The second-order valence-corrected chi connectivity index (χ2v) is 4.25. The van der Waals surface area contributed by atoms with Crippen LogP contribution >= 0.6 is 0 Å². The molecule has 0 aliphatic heterocycles. The van der Waals surface area contributed by atoms with Gasteiger partial charge in [-0.05, 0) is 26.1 Å². The first-order chi connectivity index (χ1) is 8.86. The van der Waals surface area contributed by atoms with E-state index in [9.17, 15) is 18.4 Å². The van der Waals surface area contributed by atoms with E-state index < -0.39 is 23.5 Å². The van der Waals surface area contributed by atoms with Gasteiger partial charge in [0.15, 0.2) is 5.78 Å². The average molecular weight is 270 g/mol. The van der Waals surface area contributed by atoms with Gasteiger partial charge in [-0.1, -0.05) is 0 Å². The van der Waals surface area contributed by atoms with E-state index in [4.69, 9.17) is 0 Å². The first kappa shape index (κ1) is 15.2. The molecule has 6 heteroatoms. The number of carbonyl (C=O) groups is 2. The number of likely N-dealkylation sites (N-methyl/N-ethyl adjacent to an activating group) is 2. The number of hydrogen-bond acceptors (Lipinski definition) is 3. The summed E-state index contributed by atoms with van der Waals surface area (Å²) < 4.78 is 26.3. The van der Waals surface area contributed by atoms with Crippen LogP contribution in [0.1, 0.15) is 17.3 Å². The SMILES string of the molecule is CNC(=O)CN(C)C(C)C(=O)c1ccc(F)cc1F. The Morgan fingerprint density at radius 1 is 1.37 bits per heavy atom. The van der Waals surface area contributed by atoms with Crippen molar-refractivity contribution < 1.29 is 18.4 Å².